The van der Waals surface area contributed by atoms with Gasteiger partial charge in [0.25, 0.3) is 0 Å². The second kappa shape index (κ2) is 4.87. The fourth-order valence-corrected chi connectivity index (χ4v) is 2.49. The van der Waals surface area contributed by atoms with Crippen LogP contribution in [0.1, 0.15) is 19.4 Å². The van der Waals surface area contributed by atoms with Crippen molar-refractivity contribution in [1.82, 2.24) is 4.98 Å². The highest BCUT2D eigenvalue weighted by Gasteiger charge is 2.35. The van der Waals surface area contributed by atoms with E-state index >= 15 is 0 Å². The summed E-state index contributed by atoms with van der Waals surface area (Å²) in [5.74, 6) is 1.42. The van der Waals surface area contributed by atoms with E-state index in [2.05, 4.69) is 18.8 Å². The number of rotatable bonds is 3. The zero-order valence-electron chi connectivity index (χ0n) is 12.2. The van der Waals surface area contributed by atoms with E-state index in [1.54, 1.807) is 0 Å². The summed E-state index contributed by atoms with van der Waals surface area (Å²) in [6.45, 7) is 4.69. The maximum atomic E-state index is 10.8. The second-order valence-electron chi connectivity index (χ2n) is 5.71. The second-order valence-corrected chi connectivity index (χ2v) is 5.71. The standard InChI is InChI=1S/C15H15N3O4/c1-15(2)8-21-10-4-3-5-11(13(10)15)22-12-7-6-9(18(19)20)14(16)17-12/h3-7H,8H2,1-2H3,(H2,16,17). The van der Waals surface area contributed by atoms with Crippen molar-refractivity contribution < 1.29 is 14.4 Å². The minimum absolute atomic E-state index is 0.175. The fourth-order valence-electron chi connectivity index (χ4n) is 2.49. The van der Waals surface area contributed by atoms with Crippen LogP contribution in [0.4, 0.5) is 11.5 Å². The van der Waals surface area contributed by atoms with Gasteiger partial charge in [-0.3, -0.25) is 10.1 Å². The van der Waals surface area contributed by atoms with Crippen molar-refractivity contribution >= 4 is 11.5 Å². The fraction of sp³-hybridized carbons (Fsp3) is 0.267. The Labute approximate surface area is 126 Å². The molecule has 2 heterocycles. The van der Waals surface area contributed by atoms with Gasteiger partial charge in [-0.05, 0) is 12.1 Å². The van der Waals surface area contributed by atoms with Gasteiger partial charge >= 0.3 is 5.69 Å². The Balaban J connectivity index is 1.97. The molecule has 0 aliphatic carbocycles. The van der Waals surface area contributed by atoms with E-state index in [1.165, 1.54) is 12.1 Å². The molecule has 114 valence electrons. The minimum Gasteiger partial charge on any atom is -0.492 e. The molecular formula is C15H15N3O4. The summed E-state index contributed by atoms with van der Waals surface area (Å²) in [6.07, 6.45) is 0. The molecule has 2 aromatic rings. The minimum atomic E-state index is -0.580. The molecule has 0 radical (unpaired) electrons. The van der Waals surface area contributed by atoms with E-state index in [1.807, 2.05) is 18.2 Å². The zero-order chi connectivity index (χ0) is 15.9. The number of nitrogen functional groups attached to an aromatic ring is 1. The number of nitrogens with zero attached hydrogens (tertiary/aromatic N) is 2. The van der Waals surface area contributed by atoms with E-state index in [0.717, 1.165) is 11.3 Å². The van der Waals surface area contributed by atoms with Crippen molar-refractivity contribution in [3.05, 3.63) is 46.0 Å². The molecule has 0 spiro atoms. The molecule has 1 aromatic carbocycles. The van der Waals surface area contributed by atoms with Crippen LogP contribution in [0.5, 0.6) is 17.4 Å². The molecule has 2 N–H and O–H groups in total. The van der Waals surface area contributed by atoms with Crippen LogP contribution in [0.15, 0.2) is 30.3 Å². The maximum absolute atomic E-state index is 10.8. The summed E-state index contributed by atoms with van der Waals surface area (Å²) in [4.78, 5) is 14.1. The number of ether oxygens (including phenoxy) is 2. The number of nitrogens with two attached hydrogens (primary N) is 1. The van der Waals surface area contributed by atoms with Gasteiger partial charge < -0.3 is 15.2 Å². The first-order valence-corrected chi connectivity index (χ1v) is 6.73. The Morgan fingerprint density at radius 1 is 1.36 bits per heavy atom. The Kier molecular flexibility index (Phi) is 3.13. The van der Waals surface area contributed by atoms with Crippen LogP contribution in [0.3, 0.4) is 0 Å². The number of benzene rings is 1. The molecular weight excluding hydrogens is 286 g/mol. The molecule has 0 saturated carbocycles. The number of nitro groups is 1. The van der Waals surface area contributed by atoms with Crippen LogP contribution in [-0.4, -0.2) is 16.5 Å². The molecule has 0 unspecified atom stereocenters. The van der Waals surface area contributed by atoms with Gasteiger partial charge in [-0.25, -0.2) is 0 Å². The molecule has 0 amide bonds. The van der Waals surface area contributed by atoms with Gasteiger partial charge in [0.2, 0.25) is 11.7 Å². The van der Waals surface area contributed by atoms with E-state index in [4.69, 9.17) is 15.2 Å². The van der Waals surface area contributed by atoms with Gasteiger partial charge in [0.15, 0.2) is 0 Å². The first-order valence-electron chi connectivity index (χ1n) is 6.73. The average molecular weight is 301 g/mol. The monoisotopic (exact) mass is 301 g/mol. The van der Waals surface area contributed by atoms with Gasteiger partial charge in [-0.15, -0.1) is 0 Å². The highest BCUT2D eigenvalue weighted by Crippen LogP contribution is 2.45. The number of aromatic nitrogens is 1. The smallest absolute Gasteiger partial charge is 0.311 e. The van der Waals surface area contributed by atoms with Gasteiger partial charge in [0, 0.05) is 23.1 Å². The van der Waals surface area contributed by atoms with Gasteiger partial charge in [0.05, 0.1) is 11.5 Å². The largest absolute Gasteiger partial charge is 0.492 e. The van der Waals surface area contributed by atoms with Crippen LogP contribution in [0.2, 0.25) is 0 Å². The SMILES string of the molecule is CC1(C)COc2cccc(Oc3ccc([N+](=O)[O-])c(N)n3)c21. The Hall–Kier alpha value is -2.83. The van der Waals surface area contributed by atoms with Gasteiger partial charge in [-0.1, -0.05) is 19.9 Å². The zero-order valence-corrected chi connectivity index (χ0v) is 12.2. The lowest BCUT2D eigenvalue weighted by Gasteiger charge is -2.18. The molecule has 7 heteroatoms. The van der Waals surface area contributed by atoms with Crippen molar-refractivity contribution in [3.8, 4) is 17.4 Å². The average Bonchev–Trinajstić information content (AvgIpc) is 2.75. The lowest BCUT2D eigenvalue weighted by Crippen LogP contribution is -2.19. The third-order valence-electron chi connectivity index (χ3n) is 3.54. The summed E-state index contributed by atoms with van der Waals surface area (Å²) in [6, 6.07) is 8.23. The van der Waals surface area contributed by atoms with Crippen LogP contribution in [0, 0.1) is 10.1 Å². The van der Waals surface area contributed by atoms with Crippen molar-refractivity contribution in [1.29, 1.82) is 0 Å². The molecule has 7 nitrogen and oxygen atoms in total. The molecule has 0 fully saturated rings. The molecule has 3 rings (SSSR count). The highest BCUT2D eigenvalue weighted by molar-refractivity contribution is 5.55. The van der Waals surface area contributed by atoms with Crippen LogP contribution in [-0.2, 0) is 5.41 Å². The van der Waals surface area contributed by atoms with Gasteiger partial charge in [-0.2, -0.15) is 4.98 Å². The van der Waals surface area contributed by atoms with Crippen LogP contribution < -0.4 is 15.2 Å². The van der Waals surface area contributed by atoms with Crippen molar-refractivity contribution in [2.24, 2.45) is 0 Å². The van der Waals surface area contributed by atoms with Crippen molar-refractivity contribution in [3.63, 3.8) is 0 Å². The van der Waals surface area contributed by atoms with Crippen molar-refractivity contribution in [2.45, 2.75) is 19.3 Å². The summed E-state index contributed by atoms with van der Waals surface area (Å²) in [5.41, 5.74) is 6.11. The molecule has 1 aromatic heterocycles. The summed E-state index contributed by atoms with van der Waals surface area (Å²) >= 11 is 0. The third-order valence-corrected chi connectivity index (χ3v) is 3.54. The van der Waals surface area contributed by atoms with Crippen LogP contribution >= 0.6 is 0 Å². The highest BCUT2D eigenvalue weighted by atomic mass is 16.6. The van der Waals surface area contributed by atoms with Gasteiger partial charge in [0.1, 0.15) is 11.5 Å². The lowest BCUT2D eigenvalue weighted by molar-refractivity contribution is -0.384. The first kappa shape index (κ1) is 14.1. The Morgan fingerprint density at radius 3 is 2.82 bits per heavy atom. The molecule has 1 aliphatic heterocycles. The normalized spacial score (nSPS) is 15.0. The summed E-state index contributed by atoms with van der Waals surface area (Å²) < 4.78 is 11.4. The van der Waals surface area contributed by atoms with E-state index in [9.17, 15) is 10.1 Å². The number of hydrogen-bond donors (Lipinski definition) is 1. The van der Waals surface area contributed by atoms with E-state index < -0.39 is 4.92 Å². The number of anilines is 1. The van der Waals surface area contributed by atoms with Crippen LogP contribution in [0.25, 0.3) is 0 Å². The maximum Gasteiger partial charge on any atom is 0.311 e. The number of fused-ring (bicyclic) bond motifs is 1. The number of pyridine rings is 1. The number of hydrogen-bond acceptors (Lipinski definition) is 6. The third kappa shape index (κ3) is 2.30. The van der Waals surface area contributed by atoms with E-state index in [-0.39, 0.29) is 22.8 Å². The Bertz CT molecular complexity index is 758. The quantitative estimate of drug-likeness (QED) is 0.690. The summed E-state index contributed by atoms with van der Waals surface area (Å²) in [7, 11) is 0. The van der Waals surface area contributed by atoms with Crippen molar-refractivity contribution in [2.75, 3.05) is 12.3 Å². The van der Waals surface area contributed by atoms with E-state index in [0.29, 0.717) is 12.4 Å². The molecule has 22 heavy (non-hydrogen) atoms. The Morgan fingerprint density at radius 2 is 2.14 bits per heavy atom. The molecule has 0 saturated heterocycles. The summed E-state index contributed by atoms with van der Waals surface area (Å²) in [5, 5.41) is 10.8. The molecule has 0 atom stereocenters. The topological polar surface area (TPSA) is 101 Å². The lowest BCUT2D eigenvalue weighted by atomic mass is 9.86. The molecule has 1 aliphatic rings. The predicted molar refractivity (Wildman–Crippen MR) is 80.3 cm³/mol. The molecule has 0 bridgehead atoms. The first-order chi connectivity index (χ1) is 10.4. The predicted octanol–water partition coefficient (Wildman–Crippen LogP) is 3.03.